The van der Waals surface area contributed by atoms with Crippen molar-refractivity contribution in [1.82, 2.24) is 9.47 Å². The van der Waals surface area contributed by atoms with E-state index in [9.17, 15) is 0 Å². The number of likely N-dealkylation sites (N-methyl/N-ethyl adjacent to an activating group) is 1. The quantitative estimate of drug-likeness (QED) is 0.591. The van der Waals surface area contributed by atoms with Crippen molar-refractivity contribution in [2.24, 2.45) is 0 Å². The van der Waals surface area contributed by atoms with Crippen LogP contribution in [-0.4, -0.2) is 22.6 Å². The molecule has 1 aromatic heterocycles. The lowest BCUT2D eigenvalue weighted by molar-refractivity contribution is 0.228. The molecule has 0 spiro atoms. The van der Waals surface area contributed by atoms with Crippen LogP contribution in [0.25, 0.3) is 10.9 Å². The summed E-state index contributed by atoms with van der Waals surface area (Å²) in [5.41, 5.74) is 8.57. The van der Waals surface area contributed by atoms with E-state index < -0.39 is 0 Å². The molecule has 0 saturated carbocycles. The van der Waals surface area contributed by atoms with Crippen LogP contribution in [0, 0.1) is 13.8 Å². The molecule has 2 heterocycles. The fourth-order valence-electron chi connectivity index (χ4n) is 4.40. The Morgan fingerprint density at radius 1 is 1.12 bits per heavy atom. The molecule has 3 aromatic rings. The third kappa shape index (κ3) is 3.06. The van der Waals surface area contributed by atoms with E-state index in [1.54, 1.807) is 0 Å². The Morgan fingerprint density at radius 3 is 2.58 bits per heavy atom. The molecule has 2 nitrogen and oxygen atoms in total. The Bertz CT molecular complexity index is 953. The zero-order chi connectivity index (χ0) is 18.4. The lowest BCUT2D eigenvalue weighted by Crippen LogP contribution is -2.35. The first-order chi connectivity index (χ1) is 12.4. The van der Waals surface area contributed by atoms with Crippen LogP contribution in [0.3, 0.4) is 0 Å². The van der Waals surface area contributed by atoms with Crippen molar-refractivity contribution in [1.29, 1.82) is 0 Å². The number of hydrogen-bond donors (Lipinski definition) is 0. The highest BCUT2D eigenvalue weighted by Gasteiger charge is 2.27. The van der Waals surface area contributed by atoms with Crippen LogP contribution in [0.15, 0.2) is 36.4 Å². The summed E-state index contributed by atoms with van der Waals surface area (Å²) in [6, 6.07) is 13.6. The van der Waals surface area contributed by atoms with Gasteiger partial charge in [0.25, 0.3) is 0 Å². The SMILES string of the molecule is Cc1cc(C)c2c3c(n(CCc4ccc(Cl)cc4)c2c1)CC(C)N(C)C3. The van der Waals surface area contributed by atoms with Gasteiger partial charge in [-0.25, -0.2) is 0 Å². The van der Waals surface area contributed by atoms with Crippen molar-refractivity contribution in [2.75, 3.05) is 7.05 Å². The summed E-state index contributed by atoms with van der Waals surface area (Å²) in [4.78, 5) is 2.48. The van der Waals surface area contributed by atoms with Crippen LogP contribution < -0.4 is 0 Å². The molecule has 0 saturated heterocycles. The molecule has 4 rings (SSSR count). The molecule has 0 radical (unpaired) electrons. The summed E-state index contributed by atoms with van der Waals surface area (Å²) in [5.74, 6) is 0. The van der Waals surface area contributed by atoms with Gasteiger partial charge in [0.2, 0.25) is 0 Å². The summed E-state index contributed by atoms with van der Waals surface area (Å²) in [5, 5.41) is 2.28. The Kier molecular flexibility index (Phi) is 4.58. The number of fused-ring (bicyclic) bond motifs is 3. The topological polar surface area (TPSA) is 8.17 Å². The van der Waals surface area contributed by atoms with Gasteiger partial charge in [-0.05, 0) is 74.7 Å². The second kappa shape index (κ2) is 6.75. The van der Waals surface area contributed by atoms with E-state index in [0.29, 0.717) is 6.04 Å². The van der Waals surface area contributed by atoms with Crippen LogP contribution in [0.2, 0.25) is 5.02 Å². The van der Waals surface area contributed by atoms with Gasteiger partial charge in [0, 0.05) is 47.2 Å². The standard InChI is InChI=1S/C23H27ClN2/c1-15-11-16(2)23-20-14-25(4)17(3)13-21(20)26(22(23)12-15)10-9-18-5-7-19(24)8-6-18/h5-8,11-12,17H,9-10,13-14H2,1-4H3. The molecule has 1 atom stereocenters. The molecule has 3 heteroatoms. The minimum Gasteiger partial charge on any atom is -0.344 e. The van der Waals surface area contributed by atoms with Gasteiger partial charge < -0.3 is 4.57 Å². The Morgan fingerprint density at radius 2 is 1.85 bits per heavy atom. The van der Waals surface area contributed by atoms with Crippen molar-refractivity contribution in [3.8, 4) is 0 Å². The minimum absolute atomic E-state index is 0.586. The highest BCUT2D eigenvalue weighted by molar-refractivity contribution is 6.30. The van der Waals surface area contributed by atoms with Crippen molar-refractivity contribution in [3.63, 3.8) is 0 Å². The number of hydrogen-bond acceptors (Lipinski definition) is 1. The molecule has 136 valence electrons. The third-order valence-corrected chi connectivity index (χ3v) is 6.16. The molecule has 0 N–H and O–H groups in total. The number of rotatable bonds is 3. The molecule has 1 aliphatic heterocycles. The summed E-state index contributed by atoms with van der Waals surface area (Å²) >= 11 is 6.04. The number of aromatic nitrogens is 1. The van der Waals surface area contributed by atoms with E-state index in [1.807, 2.05) is 12.1 Å². The molecule has 1 aliphatic rings. The minimum atomic E-state index is 0.586. The Labute approximate surface area is 161 Å². The second-order valence-electron chi connectivity index (χ2n) is 7.90. The monoisotopic (exact) mass is 366 g/mol. The van der Waals surface area contributed by atoms with E-state index in [-0.39, 0.29) is 0 Å². The van der Waals surface area contributed by atoms with Gasteiger partial charge in [0.15, 0.2) is 0 Å². The predicted molar refractivity (Wildman–Crippen MR) is 111 cm³/mol. The molecular weight excluding hydrogens is 340 g/mol. The first-order valence-corrected chi connectivity index (χ1v) is 9.87. The molecule has 1 unspecified atom stereocenters. The normalized spacial score (nSPS) is 17.7. The lowest BCUT2D eigenvalue weighted by Gasteiger charge is -2.31. The van der Waals surface area contributed by atoms with E-state index in [0.717, 1.165) is 31.0 Å². The Hall–Kier alpha value is -1.77. The molecule has 0 fully saturated rings. The fraction of sp³-hybridized carbons (Fsp3) is 0.391. The maximum atomic E-state index is 6.04. The lowest BCUT2D eigenvalue weighted by atomic mass is 9.97. The van der Waals surface area contributed by atoms with Gasteiger partial charge in [0.1, 0.15) is 0 Å². The van der Waals surface area contributed by atoms with Gasteiger partial charge >= 0.3 is 0 Å². The largest absolute Gasteiger partial charge is 0.344 e. The molecule has 0 amide bonds. The third-order valence-electron chi connectivity index (χ3n) is 5.91. The number of nitrogens with zero attached hydrogens (tertiary/aromatic N) is 2. The summed E-state index contributed by atoms with van der Waals surface area (Å²) in [6.45, 7) is 8.87. The molecule has 26 heavy (non-hydrogen) atoms. The summed E-state index contributed by atoms with van der Waals surface area (Å²) < 4.78 is 2.59. The molecule has 2 aromatic carbocycles. The molecule has 0 bridgehead atoms. The van der Waals surface area contributed by atoms with Crippen molar-refractivity contribution in [3.05, 3.63) is 69.4 Å². The van der Waals surface area contributed by atoms with E-state index >= 15 is 0 Å². The van der Waals surface area contributed by atoms with Gasteiger partial charge in [-0.15, -0.1) is 0 Å². The average molecular weight is 367 g/mol. The van der Waals surface area contributed by atoms with Crippen LogP contribution in [0.4, 0.5) is 0 Å². The highest BCUT2D eigenvalue weighted by atomic mass is 35.5. The van der Waals surface area contributed by atoms with Gasteiger partial charge in [-0.3, -0.25) is 4.90 Å². The van der Waals surface area contributed by atoms with Crippen LogP contribution in [0.1, 0.15) is 34.9 Å². The van der Waals surface area contributed by atoms with Crippen LogP contribution in [-0.2, 0) is 25.9 Å². The second-order valence-corrected chi connectivity index (χ2v) is 8.33. The van der Waals surface area contributed by atoms with Crippen molar-refractivity contribution in [2.45, 2.75) is 52.7 Å². The van der Waals surface area contributed by atoms with E-state index in [4.69, 9.17) is 11.6 Å². The van der Waals surface area contributed by atoms with Crippen LogP contribution >= 0.6 is 11.6 Å². The first-order valence-electron chi connectivity index (χ1n) is 9.50. The number of benzene rings is 2. The smallest absolute Gasteiger partial charge is 0.0491 e. The maximum Gasteiger partial charge on any atom is 0.0491 e. The maximum absolute atomic E-state index is 6.04. The number of aryl methyl sites for hydroxylation is 4. The van der Waals surface area contributed by atoms with Gasteiger partial charge in [0.05, 0.1) is 0 Å². The Balaban J connectivity index is 1.80. The van der Waals surface area contributed by atoms with E-state index in [1.165, 1.54) is 38.9 Å². The van der Waals surface area contributed by atoms with Crippen molar-refractivity contribution >= 4 is 22.5 Å². The fourth-order valence-corrected chi connectivity index (χ4v) is 4.52. The zero-order valence-corrected chi connectivity index (χ0v) is 16.9. The molecular formula is C23H27ClN2. The zero-order valence-electron chi connectivity index (χ0n) is 16.1. The molecule has 0 aliphatic carbocycles. The average Bonchev–Trinajstić information content (AvgIpc) is 2.88. The number of halogens is 1. The first kappa shape index (κ1) is 17.6. The van der Waals surface area contributed by atoms with Crippen LogP contribution in [0.5, 0.6) is 0 Å². The highest BCUT2D eigenvalue weighted by Crippen LogP contribution is 2.35. The summed E-state index contributed by atoms with van der Waals surface area (Å²) in [6.07, 6.45) is 2.16. The predicted octanol–water partition coefficient (Wildman–Crippen LogP) is 5.53. The van der Waals surface area contributed by atoms with Gasteiger partial charge in [-0.2, -0.15) is 0 Å². The summed E-state index contributed by atoms with van der Waals surface area (Å²) in [7, 11) is 2.24. The van der Waals surface area contributed by atoms with Gasteiger partial charge in [-0.1, -0.05) is 29.8 Å². The van der Waals surface area contributed by atoms with Crippen molar-refractivity contribution < 1.29 is 0 Å². The van der Waals surface area contributed by atoms with E-state index in [2.05, 4.69) is 61.6 Å².